The highest BCUT2D eigenvalue weighted by molar-refractivity contribution is 8.76. The Bertz CT molecular complexity index is 3170. The molecular weight excluding hydrogens is 1080 g/mol. The van der Waals surface area contributed by atoms with Crippen LogP contribution in [0.2, 0.25) is 0 Å². The SMILES string of the molecule is CC[C@@]1(O)C(=O)OCc2c1cc1n(c2=O)Cc2c-1nc1cc(F)c(C)c3c1c2[C@@H](NC(=O)CCCNC(=O)CNC(=O)[C@H](Cc1ccccc1)NC(=O)CNC(=O)CNC(=O)[C@H](CC(=O)OC(C)(C)C)NC(=O)CCSSC)CC3. The van der Waals surface area contributed by atoms with E-state index < -0.39 is 114 Å². The summed E-state index contributed by atoms with van der Waals surface area (Å²) in [5.74, 6) is -6.08. The maximum atomic E-state index is 15.4. The molecule has 3 aliphatic rings. The number of ether oxygens (including phenoxy) is 2. The number of nitrogens with zero attached hydrogens (tertiary/aromatic N) is 2. The summed E-state index contributed by atoms with van der Waals surface area (Å²) in [4.78, 5) is 136. The number of aromatic nitrogens is 2. The maximum Gasteiger partial charge on any atom is 0.343 e. The van der Waals surface area contributed by atoms with E-state index in [2.05, 4.69) is 37.2 Å². The smallest absolute Gasteiger partial charge is 0.343 e. The quantitative estimate of drug-likeness (QED) is 0.0250. The second-order valence-corrected chi connectivity index (χ2v) is 23.3. The molecule has 8 N–H and O–H groups in total. The second kappa shape index (κ2) is 26.3. The van der Waals surface area contributed by atoms with Crippen LogP contribution in [0.4, 0.5) is 4.39 Å². The van der Waals surface area contributed by atoms with Gasteiger partial charge in [-0.15, -0.1) is 0 Å². The fourth-order valence-electron chi connectivity index (χ4n) is 9.88. The first-order valence-electron chi connectivity index (χ1n) is 26.2. The number of fused-ring (bicyclic) bond motifs is 5. The van der Waals surface area contributed by atoms with Crippen molar-refractivity contribution in [3.8, 4) is 11.4 Å². The Balaban J connectivity index is 0.907. The van der Waals surface area contributed by atoms with Crippen LogP contribution in [0.5, 0.6) is 0 Å². The average molecular weight is 1140 g/mol. The topological polar surface area (TPSA) is 311 Å². The summed E-state index contributed by atoms with van der Waals surface area (Å²) in [7, 11) is 2.91. The number of aryl methyl sites for hydroxylation is 1. The predicted octanol–water partition coefficient (Wildman–Crippen LogP) is 2.22. The molecule has 4 aromatic rings. The standard InChI is InChI=1S/C55H66FN9O13S2/c1-7-55(76)34-21-40-49-32(27-65(40)52(74)33(34)28-77-53(55)75)48-36(16-15-31-29(2)35(56)22-37(64-49)47(31)48)61-41(66)14-11-18-57-43(68)24-59-50(72)38(20-30-12-9-8-10-13-30)63-45(70)26-58-44(69)25-60-51(73)39(23-46(71)78-54(3,4)5)62-42(67)17-19-80-79-6/h8-10,12-13,21-22,36,38-39,76H,7,11,14-20,23-28H2,1-6H3,(H,57,68)(H,58,69)(H,59,72)(H,60,73)(H,61,66)(H,62,67)(H,63,70)/t36-,38-,39-,55-/m0/s1. The molecule has 7 rings (SSSR count). The Morgan fingerprint density at radius 1 is 0.875 bits per heavy atom. The first-order chi connectivity index (χ1) is 38.0. The molecule has 1 aliphatic carbocycles. The first kappa shape index (κ1) is 60.3. The number of amides is 7. The molecule has 2 aromatic heterocycles. The van der Waals surface area contributed by atoms with E-state index in [1.807, 2.05) is 6.26 Å². The predicted molar refractivity (Wildman–Crippen MR) is 295 cm³/mol. The fraction of sp³-hybridized carbons (Fsp3) is 0.473. The zero-order chi connectivity index (χ0) is 58.1. The van der Waals surface area contributed by atoms with Gasteiger partial charge in [-0.1, -0.05) is 58.8 Å². The van der Waals surface area contributed by atoms with Crippen LogP contribution in [0.25, 0.3) is 22.3 Å². The number of nitrogens with one attached hydrogen (secondary N) is 7. The highest BCUT2D eigenvalue weighted by Crippen LogP contribution is 2.46. The average Bonchev–Trinajstić information content (AvgIpc) is 3.83. The molecular formula is C55H66FN9O13S2. The van der Waals surface area contributed by atoms with Crippen LogP contribution in [0.1, 0.15) is 111 Å². The lowest BCUT2D eigenvalue weighted by Gasteiger charge is -2.31. The number of benzene rings is 2. The van der Waals surface area contributed by atoms with Crippen molar-refractivity contribution in [2.45, 2.75) is 128 Å². The van der Waals surface area contributed by atoms with Gasteiger partial charge >= 0.3 is 11.9 Å². The number of carbonyl (C=O) groups excluding carboxylic acids is 9. The van der Waals surface area contributed by atoms with Crippen LogP contribution < -0.4 is 42.8 Å². The molecule has 0 bridgehead atoms. The molecule has 80 heavy (non-hydrogen) atoms. The van der Waals surface area contributed by atoms with Crippen LogP contribution in [0.15, 0.2) is 47.3 Å². The van der Waals surface area contributed by atoms with Crippen LogP contribution in [0.3, 0.4) is 0 Å². The Labute approximate surface area is 468 Å². The molecule has 0 fully saturated rings. The summed E-state index contributed by atoms with van der Waals surface area (Å²) in [5, 5.41) is 30.2. The van der Waals surface area contributed by atoms with Gasteiger partial charge in [0.05, 0.1) is 61.1 Å². The molecule has 428 valence electrons. The molecule has 0 radical (unpaired) electrons. The zero-order valence-corrected chi connectivity index (χ0v) is 46.9. The zero-order valence-electron chi connectivity index (χ0n) is 45.3. The molecule has 25 heteroatoms. The highest BCUT2D eigenvalue weighted by Gasteiger charge is 2.46. The van der Waals surface area contributed by atoms with Gasteiger partial charge in [-0.3, -0.25) is 43.2 Å². The van der Waals surface area contributed by atoms with Gasteiger partial charge < -0.3 is 56.4 Å². The molecule has 0 saturated carbocycles. The monoisotopic (exact) mass is 1140 g/mol. The van der Waals surface area contributed by atoms with Crippen molar-refractivity contribution in [1.82, 2.24) is 46.8 Å². The van der Waals surface area contributed by atoms with E-state index in [-0.39, 0.29) is 68.8 Å². The van der Waals surface area contributed by atoms with E-state index in [1.54, 1.807) is 71.0 Å². The number of esters is 2. The third-order valence-corrected chi connectivity index (χ3v) is 15.6. The molecule has 0 unspecified atom stereocenters. The van der Waals surface area contributed by atoms with E-state index in [9.17, 15) is 53.1 Å². The summed E-state index contributed by atoms with van der Waals surface area (Å²) < 4.78 is 27.4. The van der Waals surface area contributed by atoms with Crippen LogP contribution in [-0.2, 0) is 84.2 Å². The van der Waals surface area contributed by atoms with Crippen molar-refractivity contribution in [3.05, 3.63) is 97.6 Å². The number of hydrogen-bond donors (Lipinski definition) is 8. The summed E-state index contributed by atoms with van der Waals surface area (Å²) >= 11 is 0. The minimum Gasteiger partial charge on any atom is -0.460 e. The van der Waals surface area contributed by atoms with Gasteiger partial charge in [-0.25, -0.2) is 14.2 Å². The summed E-state index contributed by atoms with van der Waals surface area (Å²) in [6.07, 6.45) is 2.45. The molecule has 4 heterocycles. The van der Waals surface area contributed by atoms with Crippen molar-refractivity contribution in [2.24, 2.45) is 0 Å². The maximum absolute atomic E-state index is 15.4. The lowest BCUT2D eigenvalue weighted by molar-refractivity contribution is -0.172. The highest BCUT2D eigenvalue weighted by atomic mass is 33.1. The minimum atomic E-state index is -2.05. The van der Waals surface area contributed by atoms with Gasteiger partial charge in [-0.05, 0) is 88.0 Å². The molecule has 7 amide bonds. The Morgan fingerprint density at radius 3 is 2.24 bits per heavy atom. The van der Waals surface area contributed by atoms with E-state index in [4.69, 9.17) is 14.5 Å². The molecule has 0 spiro atoms. The van der Waals surface area contributed by atoms with Crippen molar-refractivity contribution >= 4 is 85.8 Å². The normalized spacial score (nSPS) is 16.6. The van der Waals surface area contributed by atoms with Gasteiger partial charge in [0.1, 0.15) is 30.1 Å². The lowest BCUT2D eigenvalue weighted by Crippen LogP contribution is -2.53. The van der Waals surface area contributed by atoms with Crippen LogP contribution in [0, 0.1) is 12.7 Å². The number of aliphatic hydroxyl groups is 1. The summed E-state index contributed by atoms with van der Waals surface area (Å²) in [5.41, 5.74) is 1.20. The van der Waals surface area contributed by atoms with Gasteiger partial charge in [0.25, 0.3) is 5.56 Å². The van der Waals surface area contributed by atoms with Crippen molar-refractivity contribution in [3.63, 3.8) is 0 Å². The summed E-state index contributed by atoms with van der Waals surface area (Å²) in [6.45, 7) is 6.37. The molecule has 2 aromatic carbocycles. The Morgan fingerprint density at radius 2 is 1.55 bits per heavy atom. The molecule has 22 nitrogen and oxygen atoms in total. The molecule has 2 aliphatic heterocycles. The van der Waals surface area contributed by atoms with Gasteiger partial charge in [0.15, 0.2) is 5.60 Å². The molecule has 0 saturated heterocycles. The summed E-state index contributed by atoms with van der Waals surface area (Å²) in [6, 6.07) is 8.55. The largest absolute Gasteiger partial charge is 0.460 e. The van der Waals surface area contributed by atoms with Gasteiger partial charge in [0.2, 0.25) is 41.4 Å². The van der Waals surface area contributed by atoms with E-state index in [1.165, 1.54) is 32.2 Å². The molecule has 4 atom stereocenters. The Hall–Kier alpha value is -7.38. The van der Waals surface area contributed by atoms with Crippen LogP contribution in [-0.4, -0.2) is 124 Å². The first-order valence-corrected chi connectivity index (χ1v) is 28.9. The van der Waals surface area contributed by atoms with Crippen molar-refractivity contribution in [1.29, 1.82) is 0 Å². The number of halogens is 1. The number of cyclic esters (lactones) is 1. The van der Waals surface area contributed by atoms with E-state index in [0.717, 1.165) is 5.56 Å². The van der Waals surface area contributed by atoms with Gasteiger partial charge in [0, 0.05) is 54.1 Å². The van der Waals surface area contributed by atoms with Crippen molar-refractivity contribution in [2.75, 3.05) is 38.2 Å². The number of pyridine rings is 2. The second-order valence-electron chi connectivity index (χ2n) is 20.6. The number of rotatable bonds is 24. The number of hydrogen-bond acceptors (Lipinski definition) is 16. The van der Waals surface area contributed by atoms with Crippen LogP contribution >= 0.6 is 21.6 Å². The van der Waals surface area contributed by atoms with E-state index >= 15 is 4.39 Å². The minimum absolute atomic E-state index is 0.0101. The Kier molecular flexibility index (Phi) is 19.8. The lowest BCUT2D eigenvalue weighted by atomic mass is 9.81. The third-order valence-electron chi connectivity index (χ3n) is 13.8. The fourth-order valence-corrected chi connectivity index (χ4v) is 11.1. The van der Waals surface area contributed by atoms with E-state index in [0.29, 0.717) is 63.1 Å². The number of carbonyl (C=O) groups is 9. The third kappa shape index (κ3) is 14.5. The van der Waals surface area contributed by atoms with Gasteiger partial charge in [-0.2, -0.15) is 0 Å². The van der Waals surface area contributed by atoms with Crippen molar-refractivity contribution < 1.29 is 62.1 Å².